The average molecular weight is 305 g/mol. The number of carbonyl (C=O) groups excluding carboxylic acids is 1. The van der Waals surface area contributed by atoms with Gasteiger partial charge in [-0.25, -0.2) is 0 Å². The number of amides is 1. The van der Waals surface area contributed by atoms with E-state index < -0.39 is 5.79 Å². The fraction of sp³-hybridized carbons (Fsp3) is 0.611. The predicted molar refractivity (Wildman–Crippen MR) is 86.8 cm³/mol. The topological polar surface area (TPSA) is 47.6 Å². The molecule has 1 fully saturated rings. The molecule has 1 N–H and O–H groups in total. The molecular weight excluding hydrogens is 278 g/mol. The van der Waals surface area contributed by atoms with E-state index in [4.69, 9.17) is 9.47 Å². The summed E-state index contributed by atoms with van der Waals surface area (Å²) >= 11 is 0. The van der Waals surface area contributed by atoms with Gasteiger partial charge in [-0.15, -0.1) is 0 Å². The SMILES string of the molecule is Cc1ccc(CCCC(=O)NCCC2(C)OCCO2)cc1C. The first-order chi connectivity index (χ1) is 10.5. The number of ether oxygens (including phenoxy) is 2. The van der Waals surface area contributed by atoms with Gasteiger partial charge in [0.05, 0.1) is 13.2 Å². The van der Waals surface area contributed by atoms with E-state index in [-0.39, 0.29) is 5.91 Å². The lowest BCUT2D eigenvalue weighted by Crippen LogP contribution is -2.33. The van der Waals surface area contributed by atoms with Gasteiger partial charge in [-0.1, -0.05) is 18.2 Å². The van der Waals surface area contributed by atoms with Gasteiger partial charge in [0.25, 0.3) is 0 Å². The van der Waals surface area contributed by atoms with Crippen LogP contribution in [-0.4, -0.2) is 31.5 Å². The fourth-order valence-electron chi connectivity index (χ4n) is 2.63. The number of aryl methyl sites for hydroxylation is 3. The molecule has 0 radical (unpaired) electrons. The summed E-state index contributed by atoms with van der Waals surface area (Å²) in [6.07, 6.45) is 3.07. The standard InChI is InChI=1S/C18H27NO3/c1-14-7-8-16(13-15(14)2)5-4-6-17(20)19-10-9-18(3)21-11-12-22-18/h7-8,13H,4-6,9-12H2,1-3H3,(H,19,20). The minimum Gasteiger partial charge on any atom is -0.356 e. The van der Waals surface area contributed by atoms with Crippen molar-refractivity contribution in [3.8, 4) is 0 Å². The Balaban J connectivity index is 1.62. The van der Waals surface area contributed by atoms with Crippen LogP contribution in [0, 0.1) is 13.8 Å². The van der Waals surface area contributed by atoms with E-state index in [0.29, 0.717) is 32.6 Å². The third-order valence-electron chi connectivity index (χ3n) is 4.24. The molecule has 1 amide bonds. The van der Waals surface area contributed by atoms with Crippen LogP contribution < -0.4 is 5.32 Å². The molecule has 1 heterocycles. The van der Waals surface area contributed by atoms with E-state index in [9.17, 15) is 4.79 Å². The van der Waals surface area contributed by atoms with Crippen LogP contribution in [0.25, 0.3) is 0 Å². The van der Waals surface area contributed by atoms with Crippen LogP contribution in [0.1, 0.15) is 42.9 Å². The maximum atomic E-state index is 11.8. The Morgan fingerprint density at radius 2 is 1.95 bits per heavy atom. The zero-order valence-electron chi connectivity index (χ0n) is 13.9. The maximum absolute atomic E-state index is 11.8. The Morgan fingerprint density at radius 1 is 1.23 bits per heavy atom. The number of rotatable bonds is 7. The molecular formula is C18H27NO3. The van der Waals surface area contributed by atoms with Gasteiger partial charge in [0.15, 0.2) is 5.79 Å². The van der Waals surface area contributed by atoms with Crippen molar-refractivity contribution in [2.24, 2.45) is 0 Å². The molecule has 4 heteroatoms. The highest BCUT2D eigenvalue weighted by Crippen LogP contribution is 2.21. The molecule has 0 bridgehead atoms. The van der Waals surface area contributed by atoms with Crippen molar-refractivity contribution in [1.82, 2.24) is 5.32 Å². The van der Waals surface area contributed by atoms with E-state index in [1.807, 2.05) is 6.92 Å². The highest BCUT2D eigenvalue weighted by atomic mass is 16.7. The smallest absolute Gasteiger partial charge is 0.220 e. The van der Waals surface area contributed by atoms with Crippen molar-refractivity contribution in [2.45, 2.75) is 52.2 Å². The van der Waals surface area contributed by atoms with Gasteiger partial charge in [0, 0.05) is 19.4 Å². The van der Waals surface area contributed by atoms with Gasteiger partial charge in [-0.2, -0.15) is 0 Å². The first-order valence-electron chi connectivity index (χ1n) is 8.09. The molecule has 0 atom stereocenters. The first kappa shape index (κ1) is 17.0. The molecule has 2 rings (SSSR count). The molecule has 1 saturated heterocycles. The summed E-state index contributed by atoms with van der Waals surface area (Å²) in [5.74, 6) is -0.419. The van der Waals surface area contributed by atoms with Gasteiger partial charge in [0.2, 0.25) is 5.91 Å². The van der Waals surface area contributed by atoms with Crippen LogP contribution in [0.5, 0.6) is 0 Å². The predicted octanol–water partition coefficient (Wildman–Crippen LogP) is 2.90. The van der Waals surface area contributed by atoms with Crippen molar-refractivity contribution >= 4 is 5.91 Å². The molecule has 0 unspecified atom stereocenters. The molecule has 1 aromatic rings. The van der Waals surface area contributed by atoms with Crippen molar-refractivity contribution in [3.05, 3.63) is 34.9 Å². The van der Waals surface area contributed by atoms with Crippen molar-refractivity contribution in [3.63, 3.8) is 0 Å². The molecule has 4 nitrogen and oxygen atoms in total. The molecule has 122 valence electrons. The molecule has 1 aromatic carbocycles. The fourth-order valence-corrected chi connectivity index (χ4v) is 2.63. The summed E-state index contributed by atoms with van der Waals surface area (Å²) in [4.78, 5) is 11.8. The summed E-state index contributed by atoms with van der Waals surface area (Å²) in [6.45, 7) is 8.04. The third-order valence-corrected chi connectivity index (χ3v) is 4.24. The zero-order chi connectivity index (χ0) is 16.0. The quantitative estimate of drug-likeness (QED) is 0.842. The minimum absolute atomic E-state index is 0.102. The minimum atomic E-state index is -0.521. The third kappa shape index (κ3) is 5.11. The Labute approximate surface area is 133 Å². The number of hydrogen-bond donors (Lipinski definition) is 1. The largest absolute Gasteiger partial charge is 0.356 e. The molecule has 22 heavy (non-hydrogen) atoms. The van der Waals surface area contributed by atoms with Crippen LogP contribution >= 0.6 is 0 Å². The van der Waals surface area contributed by atoms with Gasteiger partial charge >= 0.3 is 0 Å². The normalized spacial score (nSPS) is 16.7. The van der Waals surface area contributed by atoms with Crippen molar-refractivity contribution in [2.75, 3.05) is 19.8 Å². The lowest BCUT2D eigenvalue weighted by Gasteiger charge is -2.22. The second kappa shape index (κ2) is 7.75. The van der Waals surface area contributed by atoms with Gasteiger partial charge in [-0.05, 0) is 50.3 Å². The summed E-state index contributed by atoms with van der Waals surface area (Å²) in [5.41, 5.74) is 3.93. The Bertz CT molecular complexity index is 507. The van der Waals surface area contributed by atoms with Gasteiger partial charge in [0.1, 0.15) is 0 Å². The lowest BCUT2D eigenvalue weighted by atomic mass is 10.0. The van der Waals surface area contributed by atoms with Crippen LogP contribution in [-0.2, 0) is 20.7 Å². The van der Waals surface area contributed by atoms with E-state index >= 15 is 0 Å². The molecule has 1 aliphatic heterocycles. The van der Waals surface area contributed by atoms with Crippen LogP contribution in [0.2, 0.25) is 0 Å². The zero-order valence-corrected chi connectivity index (χ0v) is 13.9. The molecule has 0 saturated carbocycles. The average Bonchev–Trinajstić information content (AvgIpc) is 2.90. The van der Waals surface area contributed by atoms with E-state index in [1.54, 1.807) is 0 Å². The Kier molecular flexibility index (Phi) is 5.98. The number of carbonyl (C=O) groups is 1. The second-order valence-corrected chi connectivity index (χ2v) is 6.20. The van der Waals surface area contributed by atoms with E-state index in [0.717, 1.165) is 12.8 Å². The van der Waals surface area contributed by atoms with Crippen LogP contribution in [0.15, 0.2) is 18.2 Å². The summed E-state index contributed by atoms with van der Waals surface area (Å²) in [5, 5.41) is 2.94. The lowest BCUT2D eigenvalue weighted by molar-refractivity contribution is -0.146. The summed E-state index contributed by atoms with van der Waals surface area (Å²) in [6, 6.07) is 6.51. The molecule has 0 aromatic heterocycles. The monoisotopic (exact) mass is 305 g/mol. The highest BCUT2D eigenvalue weighted by Gasteiger charge is 2.30. The van der Waals surface area contributed by atoms with Crippen LogP contribution in [0.4, 0.5) is 0 Å². The first-order valence-corrected chi connectivity index (χ1v) is 8.09. The number of nitrogens with one attached hydrogen (secondary N) is 1. The van der Waals surface area contributed by atoms with E-state index in [1.165, 1.54) is 16.7 Å². The Hall–Kier alpha value is -1.39. The maximum Gasteiger partial charge on any atom is 0.220 e. The van der Waals surface area contributed by atoms with Crippen LogP contribution in [0.3, 0.4) is 0 Å². The van der Waals surface area contributed by atoms with E-state index in [2.05, 4.69) is 37.4 Å². The molecule has 0 spiro atoms. The van der Waals surface area contributed by atoms with Gasteiger partial charge < -0.3 is 14.8 Å². The highest BCUT2D eigenvalue weighted by molar-refractivity contribution is 5.75. The molecule has 0 aliphatic carbocycles. The second-order valence-electron chi connectivity index (χ2n) is 6.20. The van der Waals surface area contributed by atoms with Crippen molar-refractivity contribution < 1.29 is 14.3 Å². The number of benzene rings is 1. The summed E-state index contributed by atoms with van der Waals surface area (Å²) in [7, 11) is 0. The summed E-state index contributed by atoms with van der Waals surface area (Å²) < 4.78 is 11.0. The number of hydrogen-bond acceptors (Lipinski definition) is 3. The molecule has 1 aliphatic rings. The van der Waals surface area contributed by atoms with Gasteiger partial charge in [-0.3, -0.25) is 4.79 Å². The van der Waals surface area contributed by atoms with Crippen molar-refractivity contribution in [1.29, 1.82) is 0 Å². The Morgan fingerprint density at radius 3 is 2.64 bits per heavy atom.